The van der Waals surface area contributed by atoms with Crippen molar-refractivity contribution in [2.24, 2.45) is 0 Å². The van der Waals surface area contributed by atoms with Crippen molar-refractivity contribution in [3.8, 4) is 11.1 Å². The van der Waals surface area contributed by atoms with Crippen LogP contribution in [0, 0.1) is 0 Å². The van der Waals surface area contributed by atoms with E-state index in [1.165, 1.54) is 13.0 Å². The lowest BCUT2D eigenvalue weighted by Gasteiger charge is -2.08. The summed E-state index contributed by atoms with van der Waals surface area (Å²) in [6, 6.07) is 15.1. The van der Waals surface area contributed by atoms with Crippen molar-refractivity contribution in [2.45, 2.75) is 6.92 Å². The predicted molar refractivity (Wildman–Crippen MR) is 77.0 cm³/mol. The second-order valence-corrected chi connectivity index (χ2v) is 4.24. The molecule has 0 unspecified atom stereocenters. The molecule has 0 N–H and O–H groups in total. The maximum absolute atomic E-state index is 11.1. The molecule has 2 rings (SSSR count). The van der Waals surface area contributed by atoms with Crippen LogP contribution < -0.4 is 0 Å². The van der Waals surface area contributed by atoms with E-state index in [4.69, 9.17) is 0 Å². The van der Waals surface area contributed by atoms with E-state index in [9.17, 15) is 9.59 Å². The molecule has 0 heterocycles. The maximum Gasteiger partial charge on any atom is 0.152 e. The van der Waals surface area contributed by atoms with Gasteiger partial charge < -0.3 is 0 Å². The van der Waals surface area contributed by atoms with Crippen molar-refractivity contribution in [1.29, 1.82) is 0 Å². The van der Waals surface area contributed by atoms with E-state index < -0.39 is 0 Å². The molecule has 0 aromatic heterocycles. The van der Waals surface area contributed by atoms with Gasteiger partial charge in [-0.1, -0.05) is 54.6 Å². The molecule has 0 atom stereocenters. The zero-order valence-corrected chi connectivity index (χ0v) is 10.7. The van der Waals surface area contributed by atoms with Crippen LogP contribution in [0.3, 0.4) is 0 Å². The van der Waals surface area contributed by atoms with Crippen LogP contribution in [0.2, 0.25) is 0 Å². The van der Waals surface area contributed by atoms with Crippen LogP contribution in [0.1, 0.15) is 22.8 Å². The summed E-state index contributed by atoms with van der Waals surface area (Å²) in [6.07, 6.45) is 4.16. The van der Waals surface area contributed by atoms with E-state index in [0.29, 0.717) is 5.56 Å². The monoisotopic (exact) mass is 250 g/mol. The first-order chi connectivity index (χ1) is 9.22. The summed E-state index contributed by atoms with van der Waals surface area (Å²) in [5.74, 6) is -0.00141. The van der Waals surface area contributed by atoms with Gasteiger partial charge in [-0.3, -0.25) is 9.59 Å². The Kier molecular flexibility index (Phi) is 4.04. The minimum absolute atomic E-state index is 0.00141. The molecule has 0 radical (unpaired) electrons. The molecule has 0 bridgehead atoms. The fourth-order valence-electron chi connectivity index (χ4n) is 1.94. The lowest BCUT2D eigenvalue weighted by molar-refractivity contribution is -0.112. The highest BCUT2D eigenvalue weighted by Gasteiger charge is 2.06. The number of ketones is 1. The van der Waals surface area contributed by atoms with Gasteiger partial charge in [0.2, 0.25) is 0 Å². The van der Waals surface area contributed by atoms with Crippen LogP contribution in [0.15, 0.2) is 54.6 Å². The zero-order chi connectivity index (χ0) is 13.7. The van der Waals surface area contributed by atoms with Gasteiger partial charge in [0.25, 0.3) is 0 Å². The van der Waals surface area contributed by atoms with Crippen molar-refractivity contribution in [1.82, 2.24) is 0 Å². The number of hydrogen-bond donors (Lipinski definition) is 0. The second kappa shape index (κ2) is 5.91. The molecular formula is C17H14O2. The molecule has 2 aromatic carbocycles. The predicted octanol–water partition coefficient (Wildman–Crippen LogP) is 3.77. The number of allylic oxidation sites excluding steroid dienone is 1. The smallest absolute Gasteiger partial charge is 0.152 e. The van der Waals surface area contributed by atoms with Crippen LogP contribution in [-0.4, -0.2) is 12.1 Å². The average Bonchev–Trinajstić information content (AvgIpc) is 2.45. The Balaban J connectivity index is 2.56. The molecule has 0 amide bonds. The Hall–Kier alpha value is -2.48. The summed E-state index contributed by atoms with van der Waals surface area (Å²) >= 11 is 0. The lowest BCUT2D eigenvalue weighted by atomic mass is 9.95. The average molecular weight is 250 g/mol. The Morgan fingerprint density at radius 2 is 1.42 bits per heavy atom. The Bertz CT molecular complexity index is 639. The number of benzene rings is 2. The Morgan fingerprint density at radius 3 is 2.00 bits per heavy atom. The van der Waals surface area contributed by atoms with Crippen molar-refractivity contribution in [2.75, 3.05) is 0 Å². The molecule has 0 saturated heterocycles. The van der Waals surface area contributed by atoms with Gasteiger partial charge in [-0.2, -0.15) is 0 Å². The molecule has 2 nitrogen and oxygen atoms in total. The first-order valence-electron chi connectivity index (χ1n) is 6.04. The SMILES string of the molecule is CC(=O)/C=C/c1ccccc1-c1ccccc1C=O. The van der Waals surface area contributed by atoms with Gasteiger partial charge in [-0.15, -0.1) is 0 Å². The highest BCUT2D eigenvalue weighted by Crippen LogP contribution is 2.27. The molecule has 2 heteroatoms. The summed E-state index contributed by atoms with van der Waals surface area (Å²) < 4.78 is 0. The van der Waals surface area contributed by atoms with E-state index in [0.717, 1.165) is 23.0 Å². The third-order valence-electron chi connectivity index (χ3n) is 2.84. The quantitative estimate of drug-likeness (QED) is 0.611. The minimum atomic E-state index is -0.00141. The highest BCUT2D eigenvalue weighted by molar-refractivity contribution is 5.94. The van der Waals surface area contributed by atoms with Crippen LogP contribution in [0.4, 0.5) is 0 Å². The van der Waals surface area contributed by atoms with Gasteiger partial charge in [-0.05, 0) is 29.7 Å². The van der Waals surface area contributed by atoms with Crippen LogP contribution in [0.25, 0.3) is 17.2 Å². The van der Waals surface area contributed by atoms with Gasteiger partial charge in [0, 0.05) is 5.56 Å². The summed E-state index contributed by atoms with van der Waals surface area (Å²) in [7, 11) is 0. The molecule has 94 valence electrons. The van der Waals surface area contributed by atoms with Crippen LogP contribution in [-0.2, 0) is 4.79 Å². The van der Waals surface area contributed by atoms with E-state index in [-0.39, 0.29) is 5.78 Å². The second-order valence-electron chi connectivity index (χ2n) is 4.24. The van der Waals surface area contributed by atoms with E-state index in [1.54, 1.807) is 12.1 Å². The summed E-state index contributed by atoms with van der Waals surface area (Å²) in [5, 5.41) is 0. The van der Waals surface area contributed by atoms with Gasteiger partial charge in [0.05, 0.1) is 0 Å². The molecule has 0 aliphatic rings. The largest absolute Gasteiger partial charge is 0.298 e. The third-order valence-corrected chi connectivity index (χ3v) is 2.84. The molecule has 0 spiro atoms. The van der Waals surface area contributed by atoms with Crippen LogP contribution >= 0.6 is 0 Å². The molecular weight excluding hydrogens is 236 g/mol. The maximum atomic E-state index is 11.1. The number of rotatable bonds is 4. The van der Waals surface area contributed by atoms with Gasteiger partial charge in [0.15, 0.2) is 12.1 Å². The topological polar surface area (TPSA) is 34.1 Å². The summed E-state index contributed by atoms with van der Waals surface area (Å²) in [4.78, 5) is 22.2. The summed E-state index contributed by atoms with van der Waals surface area (Å²) in [6.45, 7) is 1.51. The van der Waals surface area contributed by atoms with Crippen molar-refractivity contribution in [3.63, 3.8) is 0 Å². The molecule has 0 saturated carbocycles. The number of carbonyl (C=O) groups excluding carboxylic acids is 2. The number of carbonyl (C=O) groups is 2. The first kappa shape index (κ1) is 13.0. The molecule has 0 aliphatic heterocycles. The minimum Gasteiger partial charge on any atom is -0.298 e. The first-order valence-corrected chi connectivity index (χ1v) is 6.04. The van der Waals surface area contributed by atoms with Crippen molar-refractivity contribution in [3.05, 3.63) is 65.7 Å². The molecule has 19 heavy (non-hydrogen) atoms. The van der Waals surface area contributed by atoms with Crippen molar-refractivity contribution < 1.29 is 9.59 Å². The van der Waals surface area contributed by atoms with Gasteiger partial charge >= 0.3 is 0 Å². The van der Waals surface area contributed by atoms with Gasteiger partial charge in [0.1, 0.15) is 0 Å². The number of hydrogen-bond acceptors (Lipinski definition) is 2. The molecule has 0 fully saturated rings. The van der Waals surface area contributed by atoms with Crippen molar-refractivity contribution >= 4 is 18.1 Å². The Morgan fingerprint density at radius 1 is 0.895 bits per heavy atom. The standard InChI is InChI=1S/C17H14O2/c1-13(19)10-11-14-6-2-4-8-16(14)17-9-5-3-7-15(17)12-18/h2-12H,1H3/b11-10+. The Labute approximate surface area is 112 Å². The normalized spacial score (nSPS) is 10.6. The third kappa shape index (κ3) is 3.05. The fourth-order valence-corrected chi connectivity index (χ4v) is 1.94. The molecule has 0 aliphatic carbocycles. The van der Waals surface area contributed by atoms with E-state index in [2.05, 4.69) is 0 Å². The number of aldehydes is 1. The highest BCUT2D eigenvalue weighted by atomic mass is 16.1. The molecule has 2 aromatic rings. The fraction of sp³-hybridized carbons (Fsp3) is 0.0588. The van der Waals surface area contributed by atoms with Gasteiger partial charge in [-0.25, -0.2) is 0 Å². The lowest BCUT2D eigenvalue weighted by Crippen LogP contribution is -1.90. The van der Waals surface area contributed by atoms with Crippen LogP contribution in [0.5, 0.6) is 0 Å². The summed E-state index contributed by atoms with van der Waals surface area (Å²) in [5.41, 5.74) is 3.39. The zero-order valence-electron chi connectivity index (χ0n) is 10.7. The van der Waals surface area contributed by atoms with E-state index in [1.807, 2.05) is 42.5 Å². The van der Waals surface area contributed by atoms with E-state index >= 15 is 0 Å².